The molecule has 0 unspecified atom stereocenters. The Balaban J connectivity index is 0.000000140. The summed E-state index contributed by atoms with van der Waals surface area (Å²) in [6.07, 6.45) is 14.2. The van der Waals surface area contributed by atoms with Gasteiger partial charge in [0.1, 0.15) is 23.2 Å². The van der Waals surface area contributed by atoms with Crippen LogP contribution in [0.25, 0.3) is 33.2 Å². The maximum absolute atomic E-state index is 12.1. The van der Waals surface area contributed by atoms with E-state index in [0.29, 0.717) is 37.1 Å². The fourth-order valence-corrected chi connectivity index (χ4v) is 11.7. The van der Waals surface area contributed by atoms with Gasteiger partial charge in [-0.2, -0.15) is 0 Å². The number of aryl methyl sites for hydroxylation is 4. The third-order valence-electron chi connectivity index (χ3n) is 16.1. The molecule has 2 atom stereocenters. The van der Waals surface area contributed by atoms with Crippen LogP contribution in [0, 0.1) is 27.7 Å². The topological polar surface area (TPSA) is 183 Å². The molecule has 2 aromatic carbocycles. The molecule has 16 nitrogen and oxygen atoms in total. The minimum atomic E-state index is -0.378. The summed E-state index contributed by atoms with van der Waals surface area (Å²) < 4.78 is 39.4. The van der Waals surface area contributed by atoms with Crippen LogP contribution < -0.4 is 16.1 Å². The molecule has 0 spiro atoms. The monoisotopic (exact) mass is 1050 g/mol. The van der Waals surface area contributed by atoms with E-state index in [-0.39, 0.29) is 42.2 Å². The zero-order valence-electron chi connectivity index (χ0n) is 43.7. The van der Waals surface area contributed by atoms with Crippen LogP contribution in [0.4, 0.5) is 0 Å². The van der Waals surface area contributed by atoms with E-state index in [1.807, 2.05) is 55.4 Å². The Kier molecular flexibility index (Phi) is 15.6. The van der Waals surface area contributed by atoms with E-state index in [1.54, 1.807) is 14.2 Å². The van der Waals surface area contributed by atoms with Crippen molar-refractivity contribution in [2.24, 2.45) is 0 Å². The van der Waals surface area contributed by atoms with Crippen LogP contribution in [0.5, 0.6) is 0 Å². The highest BCUT2D eigenvalue weighted by atomic mass is 79.9. The second kappa shape index (κ2) is 21.5. The van der Waals surface area contributed by atoms with E-state index in [2.05, 4.69) is 82.4 Å². The van der Waals surface area contributed by atoms with Crippen molar-refractivity contribution in [3.05, 3.63) is 75.4 Å². The van der Waals surface area contributed by atoms with Crippen LogP contribution in [0.3, 0.4) is 0 Å². The molecule has 2 aliphatic carbocycles. The van der Waals surface area contributed by atoms with Gasteiger partial charge < -0.3 is 47.6 Å². The fourth-order valence-electron chi connectivity index (χ4n) is 11.4. The average Bonchev–Trinajstić information content (AvgIpc) is 4.16. The molecule has 0 bridgehead atoms. The number of ether oxygens (including phenoxy) is 2. The Bertz CT molecular complexity index is 2830. The van der Waals surface area contributed by atoms with Gasteiger partial charge in [0.15, 0.2) is 0 Å². The third kappa shape index (κ3) is 10.7. The van der Waals surface area contributed by atoms with Crippen LogP contribution in [-0.4, -0.2) is 86.0 Å². The summed E-state index contributed by atoms with van der Waals surface area (Å²) in [6, 6.07) is 13.5. The average molecular weight is 1050 g/mol. The van der Waals surface area contributed by atoms with E-state index < -0.39 is 0 Å². The van der Waals surface area contributed by atoms with Crippen LogP contribution >= 0.6 is 15.9 Å². The first-order chi connectivity index (χ1) is 34.4. The van der Waals surface area contributed by atoms with Crippen molar-refractivity contribution in [2.75, 3.05) is 14.2 Å². The summed E-state index contributed by atoms with van der Waals surface area (Å²) in [5.41, 5.74) is 8.33. The van der Waals surface area contributed by atoms with Gasteiger partial charge in [0.05, 0.1) is 68.9 Å². The van der Waals surface area contributed by atoms with Gasteiger partial charge in [-0.05, 0) is 168 Å². The number of carbonyl (C=O) groups excluding carboxylic acids is 2. The van der Waals surface area contributed by atoms with Gasteiger partial charge in [0, 0.05) is 54.6 Å². The number of hydrogen-bond acceptors (Lipinski definition) is 12. The van der Waals surface area contributed by atoms with Gasteiger partial charge in [-0.3, -0.25) is 9.59 Å². The number of imidazole rings is 2. The van der Waals surface area contributed by atoms with E-state index in [9.17, 15) is 9.59 Å². The SMILES string of the molecule is COC1CCC(n2c([C@@H]3CCCC(=O)N3)nc3cc(-c4c(C)noc4C)ccc32)CC1.COC1CCC(n2c([C@@H]3CCCC(=O)N3)nc3cc(Br)ccc32)CC1.Cc1noc(C)c1B1OC(C)(C)C(C)(C)O1. The number of hydrogen-bond donors (Lipinski definition) is 2. The summed E-state index contributed by atoms with van der Waals surface area (Å²) in [4.78, 5) is 34.1. The number of piperidine rings is 2. The van der Waals surface area contributed by atoms with Gasteiger partial charge in [0.2, 0.25) is 11.8 Å². The molecular formula is C54H72BBrN8O8. The number of nitrogens with one attached hydrogen (secondary N) is 2. The maximum atomic E-state index is 12.1. The van der Waals surface area contributed by atoms with Crippen molar-refractivity contribution < 1.29 is 37.4 Å². The van der Waals surface area contributed by atoms with Crippen molar-refractivity contribution in [2.45, 2.75) is 193 Å². The largest absolute Gasteiger partial charge is 0.500 e. The molecule has 7 heterocycles. The number of carbonyl (C=O) groups is 2. The molecule has 11 rings (SSSR count). The number of methoxy groups -OCH3 is 2. The molecule has 5 aliphatic rings. The zero-order valence-corrected chi connectivity index (χ0v) is 45.3. The molecule has 4 aromatic heterocycles. The van der Waals surface area contributed by atoms with Crippen LogP contribution in [-0.2, 0) is 28.4 Å². The molecule has 3 aliphatic heterocycles. The maximum Gasteiger partial charge on any atom is 0.500 e. The molecule has 2 saturated carbocycles. The molecular weight excluding hydrogens is 979 g/mol. The molecule has 2 N–H and O–H groups in total. The summed E-state index contributed by atoms with van der Waals surface area (Å²) in [6.45, 7) is 15.8. The first-order valence-electron chi connectivity index (χ1n) is 26.0. The van der Waals surface area contributed by atoms with Crippen LogP contribution in [0.2, 0.25) is 0 Å². The number of halogens is 1. The highest BCUT2D eigenvalue weighted by Crippen LogP contribution is 2.41. The lowest BCUT2D eigenvalue weighted by Gasteiger charge is -2.32. The lowest BCUT2D eigenvalue weighted by Crippen LogP contribution is -2.41. The quantitative estimate of drug-likeness (QED) is 0.138. The van der Waals surface area contributed by atoms with E-state index in [4.69, 9.17) is 37.8 Å². The van der Waals surface area contributed by atoms with Crippen molar-refractivity contribution in [3.8, 4) is 11.1 Å². The van der Waals surface area contributed by atoms with Crippen molar-refractivity contribution in [1.29, 1.82) is 0 Å². The standard InChI is InChI=1S/C24H30N4O3.C19H24BrN3O2.C11H18BNO3/c1-14-23(15(2)31-27-14)16-7-12-21-20(13-16)26-24(19-5-4-6-22(29)25-19)28(21)17-8-10-18(30-3)11-9-17;1-25-14-8-6-13(7-9-14)23-17-10-5-12(20)11-16(17)22-19(23)15-3-2-4-18(24)21-15;1-7-9(8(2)14-13-7)12-15-10(3,4)11(5,6)16-12/h7,12-13,17-19H,4-6,8-11H2,1-3H3,(H,25,29);5,10-11,13-15H,2-4,6-9H2,1H3,(H,21,24);1-6H3/t17?,18?,19-;13?,14?,15-;/m00./s1. The van der Waals surface area contributed by atoms with E-state index >= 15 is 0 Å². The van der Waals surface area contributed by atoms with Gasteiger partial charge in [-0.15, -0.1) is 0 Å². The zero-order chi connectivity index (χ0) is 51.1. The van der Waals surface area contributed by atoms with Crippen molar-refractivity contribution in [1.82, 2.24) is 40.0 Å². The normalized spacial score (nSPS) is 25.1. The Morgan fingerprint density at radius 1 is 0.639 bits per heavy atom. The highest BCUT2D eigenvalue weighted by Gasteiger charge is 2.53. The minimum absolute atomic E-state index is 0.0209. The predicted octanol–water partition coefficient (Wildman–Crippen LogP) is 10.6. The number of amides is 2. The van der Waals surface area contributed by atoms with Gasteiger partial charge in [0.25, 0.3) is 0 Å². The summed E-state index contributed by atoms with van der Waals surface area (Å²) in [5, 5.41) is 14.4. The number of nitrogens with zero attached hydrogens (tertiary/aromatic N) is 6. The molecule has 6 aromatic rings. The first kappa shape index (κ1) is 52.0. The molecule has 18 heteroatoms. The Hall–Kier alpha value is -4.88. The molecule has 3 saturated heterocycles. The minimum Gasteiger partial charge on any atom is -0.399 e. The third-order valence-corrected chi connectivity index (χ3v) is 16.6. The first-order valence-corrected chi connectivity index (χ1v) is 26.8. The van der Waals surface area contributed by atoms with E-state index in [1.165, 1.54) is 5.52 Å². The van der Waals surface area contributed by atoms with Crippen LogP contribution in [0.15, 0.2) is 49.9 Å². The van der Waals surface area contributed by atoms with Gasteiger partial charge >= 0.3 is 7.12 Å². The Morgan fingerprint density at radius 2 is 1.11 bits per heavy atom. The molecule has 72 heavy (non-hydrogen) atoms. The second-order valence-electron chi connectivity index (χ2n) is 21.4. The van der Waals surface area contributed by atoms with Crippen molar-refractivity contribution in [3.63, 3.8) is 0 Å². The van der Waals surface area contributed by atoms with Gasteiger partial charge in [-0.1, -0.05) is 32.3 Å². The van der Waals surface area contributed by atoms with Gasteiger partial charge in [-0.25, -0.2) is 9.97 Å². The Morgan fingerprint density at radius 3 is 1.56 bits per heavy atom. The fraction of sp³-hybridized carbons (Fsp3) is 0.593. The lowest BCUT2D eigenvalue weighted by atomic mass is 9.77. The molecule has 386 valence electrons. The number of rotatable bonds is 8. The second-order valence-corrected chi connectivity index (χ2v) is 22.3. The highest BCUT2D eigenvalue weighted by molar-refractivity contribution is 9.10. The summed E-state index contributed by atoms with van der Waals surface area (Å²) >= 11 is 3.55. The van der Waals surface area contributed by atoms with Crippen molar-refractivity contribution >= 4 is 62.4 Å². The lowest BCUT2D eigenvalue weighted by molar-refractivity contribution is -0.124. The number of fused-ring (bicyclic) bond motifs is 2. The Labute approximate surface area is 431 Å². The van der Waals surface area contributed by atoms with Crippen LogP contribution in [0.1, 0.15) is 176 Å². The summed E-state index contributed by atoms with van der Waals surface area (Å²) in [5.74, 6) is 3.83. The summed E-state index contributed by atoms with van der Waals surface area (Å²) in [7, 11) is 3.23. The number of benzene rings is 2. The smallest absolute Gasteiger partial charge is 0.399 e. The molecule has 0 radical (unpaired) electrons. The predicted molar refractivity (Wildman–Crippen MR) is 280 cm³/mol. The number of aromatic nitrogens is 6. The molecule has 5 fully saturated rings. The molecule has 2 amide bonds. The van der Waals surface area contributed by atoms with E-state index in [0.717, 1.165) is 149 Å².